The molecule has 0 aliphatic heterocycles. The van der Waals surface area contributed by atoms with E-state index >= 15 is 0 Å². The Bertz CT molecular complexity index is 433. The van der Waals surface area contributed by atoms with Crippen molar-refractivity contribution in [3.05, 3.63) is 23.3 Å². The lowest BCUT2D eigenvalue weighted by Crippen LogP contribution is -2.07. The van der Waals surface area contributed by atoms with Gasteiger partial charge in [0, 0.05) is 5.56 Å². The number of benzene rings is 1. The van der Waals surface area contributed by atoms with E-state index in [0.717, 1.165) is 32.1 Å². The van der Waals surface area contributed by atoms with Gasteiger partial charge in [0.2, 0.25) is 0 Å². The minimum atomic E-state index is -1.17. The first-order valence-corrected chi connectivity index (χ1v) is 5.89. The van der Waals surface area contributed by atoms with Crippen LogP contribution in [0.2, 0.25) is 0 Å². The van der Waals surface area contributed by atoms with Crippen LogP contribution in [0.25, 0.3) is 0 Å². The predicted molar refractivity (Wildman–Crippen MR) is 62.6 cm³/mol. The van der Waals surface area contributed by atoms with Crippen molar-refractivity contribution in [1.29, 1.82) is 0 Å². The fourth-order valence-corrected chi connectivity index (χ4v) is 2.56. The fraction of sp³-hybridized carbons (Fsp3) is 0.462. The average Bonchev–Trinajstić information content (AvgIpc) is 2.30. The maximum atomic E-state index is 10.9. The molecule has 0 radical (unpaired) electrons. The third-order valence-electron chi connectivity index (χ3n) is 3.44. The van der Waals surface area contributed by atoms with Gasteiger partial charge in [-0.15, -0.1) is 0 Å². The molecule has 0 bridgehead atoms. The molecule has 17 heavy (non-hydrogen) atoms. The van der Waals surface area contributed by atoms with Crippen molar-refractivity contribution in [2.45, 2.75) is 38.0 Å². The topological polar surface area (TPSA) is 77.8 Å². The summed E-state index contributed by atoms with van der Waals surface area (Å²) in [5.74, 6) is -1.37. The highest BCUT2D eigenvalue weighted by molar-refractivity contribution is 5.91. The number of hydrogen-bond acceptors (Lipinski definition) is 3. The van der Waals surface area contributed by atoms with Crippen LogP contribution in [0.5, 0.6) is 11.5 Å². The highest BCUT2D eigenvalue weighted by atomic mass is 16.4. The summed E-state index contributed by atoms with van der Waals surface area (Å²) in [5, 5.41) is 28.7. The Labute approximate surface area is 99.5 Å². The van der Waals surface area contributed by atoms with Gasteiger partial charge < -0.3 is 15.3 Å². The molecule has 4 heteroatoms. The van der Waals surface area contributed by atoms with Crippen LogP contribution in [0, 0.1) is 0 Å². The molecule has 1 fully saturated rings. The molecule has 0 spiro atoms. The Morgan fingerprint density at radius 3 is 2.35 bits per heavy atom. The minimum absolute atomic E-state index is 0.000556. The van der Waals surface area contributed by atoms with Crippen molar-refractivity contribution in [1.82, 2.24) is 0 Å². The Hall–Kier alpha value is -1.71. The zero-order chi connectivity index (χ0) is 12.4. The molecule has 1 aliphatic rings. The molecule has 1 aliphatic carbocycles. The molecule has 1 aromatic carbocycles. The zero-order valence-corrected chi connectivity index (χ0v) is 9.52. The van der Waals surface area contributed by atoms with Crippen LogP contribution in [0.1, 0.15) is 53.9 Å². The van der Waals surface area contributed by atoms with Crippen LogP contribution >= 0.6 is 0 Å². The number of rotatable bonds is 2. The third-order valence-corrected chi connectivity index (χ3v) is 3.44. The first kappa shape index (κ1) is 11.8. The van der Waals surface area contributed by atoms with Gasteiger partial charge >= 0.3 is 5.97 Å². The molecule has 0 atom stereocenters. The molecule has 0 unspecified atom stereocenters. The highest BCUT2D eigenvalue weighted by Crippen LogP contribution is 2.43. The van der Waals surface area contributed by atoms with E-state index in [-0.39, 0.29) is 23.0 Å². The van der Waals surface area contributed by atoms with Crippen LogP contribution in [0.15, 0.2) is 12.1 Å². The summed E-state index contributed by atoms with van der Waals surface area (Å²) in [6.07, 6.45) is 5.06. The molecule has 0 aromatic heterocycles. The second-order valence-electron chi connectivity index (χ2n) is 4.53. The first-order valence-electron chi connectivity index (χ1n) is 5.89. The summed E-state index contributed by atoms with van der Waals surface area (Å²) in [6, 6.07) is 2.59. The van der Waals surface area contributed by atoms with E-state index in [1.54, 1.807) is 0 Å². The number of aromatic hydroxyl groups is 2. The van der Waals surface area contributed by atoms with Crippen LogP contribution < -0.4 is 0 Å². The van der Waals surface area contributed by atoms with Gasteiger partial charge in [-0.05, 0) is 30.9 Å². The van der Waals surface area contributed by atoms with Gasteiger partial charge in [-0.1, -0.05) is 19.3 Å². The van der Waals surface area contributed by atoms with Crippen molar-refractivity contribution >= 4 is 5.97 Å². The molecule has 0 heterocycles. The second-order valence-corrected chi connectivity index (χ2v) is 4.53. The lowest BCUT2D eigenvalue weighted by Gasteiger charge is -2.24. The van der Waals surface area contributed by atoms with Gasteiger partial charge in [0.15, 0.2) is 0 Å². The standard InChI is InChI=1S/C13H16O4/c14-10-7-6-9(13(16)17)12(15)11(10)8-4-2-1-3-5-8/h6-8,14-15H,1-5H2,(H,16,17). The second kappa shape index (κ2) is 4.65. The van der Waals surface area contributed by atoms with Crippen molar-refractivity contribution in [2.24, 2.45) is 0 Å². The van der Waals surface area contributed by atoms with Gasteiger partial charge in [-0.2, -0.15) is 0 Å². The van der Waals surface area contributed by atoms with Crippen molar-refractivity contribution < 1.29 is 20.1 Å². The van der Waals surface area contributed by atoms with E-state index in [1.807, 2.05) is 0 Å². The molecule has 0 amide bonds. The minimum Gasteiger partial charge on any atom is -0.508 e. The maximum absolute atomic E-state index is 10.9. The van der Waals surface area contributed by atoms with Crippen molar-refractivity contribution in [3.63, 3.8) is 0 Å². The van der Waals surface area contributed by atoms with E-state index in [0.29, 0.717) is 5.56 Å². The smallest absolute Gasteiger partial charge is 0.339 e. The molecule has 3 N–H and O–H groups in total. The number of phenolic OH excluding ortho intramolecular Hbond substituents is 1. The lowest BCUT2D eigenvalue weighted by atomic mass is 9.82. The third kappa shape index (κ3) is 2.20. The first-order chi connectivity index (χ1) is 8.11. The number of carboxylic acid groups (broad SMARTS) is 1. The summed E-state index contributed by atoms with van der Waals surface area (Å²) in [7, 11) is 0. The normalized spacial score (nSPS) is 16.9. The summed E-state index contributed by atoms with van der Waals surface area (Å²) in [6.45, 7) is 0. The SMILES string of the molecule is O=C(O)c1ccc(O)c(C2CCCCC2)c1O. The molecule has 92 valence electrons. The Morgan fingerprint density at radius 2 is 1.76 bits per heavy atom. The van der Waals surface area contributed by atoms with E-state index in [4.69, 9.17) is 5.11 Å². The number of carboxylic acids is 1. The monoisotopic (exact) mass is 236 g/mol. The summed E-state index contributed by atoms with van der Waals surface area (Å²) >= 11 is 0. The lowest BCUT2D eigenvalue weighted by molar-refractivity contribution is 0.0693. The average molecular weight is 236 g/mol. The Balaban J connectivity index is 2.43. The van der Waals surface area contributed by atoms with Crippen LogP contribution in [0.4, 0.5) is 0 Å². The largest absolute Gasteiger partial charge is 0.508 e. The Kier molecular flexibility index (Phi) is 3.22. The molecule has 1 aromatic rings. The predicted octanol–water partition coefficient (Wildman–Crippen LogP) is 2.84. The zero-order valence-electron chi connectivity index (χ0n) is 9.52. The summed E-state index contributed by atoms with van der Waals surface area (Å²) in [5.41, 5.74) is 0.271. The fourth-order valence-electron chi connectivity index (χ4n) is 2.56. The molecular weight excluding hydrogens is 220 g/mol. The van der Waals surface area contributed by atoms with Crippen LogP contribution in [0.3, 0.4) is 0 Å². The van der Waals surface area contributed by atoms with Gasteiger partial charge in [-0.25, -0.2) is 4.79 Å². The highest BCUT2D eigenvalue weighted by Gasteiger charge is 2.25. The van der Waals surface area contributed by atoms with E-state index in [1.165, 1.54) is 12.1 Å². The molecule has 2 rings (SSSR count). The molecule has 1 saturated carbocycles. The van der Waals surface area contributed by atoms with E-state index in [9.17, 15) is 15.0 Å². The number of hydrogen-bond donors (Lipinski definition) is 3. The number of carbonyl (C=O) groups is 1. The molecule has 0 saturated heterocycles. The van der Waals surface area contributed by atoms with Gasteiger partial charge in [0.1, 0.15) is 17.1 Å². The van der Waals surface area contributed by atoms with Gasteiger partial charge in [0.25, 0.3) is 0 Å². The van der Waals surface area contributed by atoms with E-state index in [2.05, 4.69) is 0 Å². The number of aromatic carboxylic acids is 1. The van der Waals surface area contributed by atoms with E-state index < -0.39 is 5.97 Å². The maximum Gasteiger partial charge on any atom is 0.339 e. The van der Waals surface area contributed by atoms with Gasteiger partial charge in [0.05, 0.1) is 0 Å². The van der Waals surface area contributed by atoms with Gasteiger partial charge in [-0.3, -0.25) is 0 Å². The van der Waals surface area contributed by atoms with Crippen molar-refractivity contribution in [3.8, 4) is 11.5 Å². The Morgan fingerprint density at radius 1 is 1.12 bits per heavy atom. The quantitative estimate of drug-likeness (QED) is 0.737. The van der Waals surface area contributed by atoms with Crippen molar-refractivity contribution in [2.75, 3.05) is 0 Å². The summed E-state index contributed by atoms with van der Waals surface area (Å²) < 4.78 is 0. The van der Waals surface area contributed by atoms with Crippen LogP contribution in [-0.2, 0) is 0 Å². The number of phenols is 2. The summed E-state index contributed by atoms with van der Waals surface area (Å²) in [4.78, 5) is 10.9. The van der Waals surface area contributed by atoms with Crippen LogP contribution in [-0.4, -0.2) is 21.3 Å². The molecule has 4 nitrogen and oxygen atoms in total. The molecular formula is C13H16O4.